The number of sulfone groups is 1. The third-order valence-electron chi connectivity index (χ3n) is 6.98. The van der Waals surface area contributed by atoms with Crippen molar-refractivity contribution in [2.45, 2.75) is 18.9 Å². The number of carbonyl (C=O) groups is 1. The molecule has 0 fully saturated rings. The Kier molecular flexibility index (Phi) is 7.64. The van der Waals surface area contributed by atoms with Crippen molar-refractivity contribution < 1.29 is 26.7 Å². The van der Waals surface area contributed by atoms with Gasteiger partial charge >= 0.3 is 5.97 Å². The molecule has 3 aromatic carbocycles. The number of fused-ring (bicyclic) bond motifs is 2. The number of nitrogens with zero attached hydrogens (tertiary/aromatic N) is 5. The van der Waals surface area contributed by atoms with E-state index < -0.39 is 32.9 Å². The molecule has 0 saturated carbocycles. The molecule has 5 aromatic rings. The molecule has 2 heterocycles. The van der Waals surface area contributed by atoms with Crippen LogP contribution in [0.5, 0.6) is 5.75 Å². The number of rotatable bonds is 9. The van der Waals surface area contributed by atoms with Crippen LogP contribution in [0, 0.1) is 0 Å². The van der Waals surface area contributed by atoms with Crippen LogP contribution in [0.15, 0.2) is 85.2 Å². The number of anilines is 3. The Labute approximate surface area is 249 Å². The summed E-state index contributed by atoms with van der Waals surface area (Å²) in [5.41, 5.74) is 3.82. The molecule has 43 heavy (non-hydrogen) atoms. The summed E-state index contributed by atoms with van der Waals surface area (Å²) in [6.45, 7) is 0. The lowest BCUT2D eigenvalue weighted by molar-refractivity contribution is 0.0733. The van der Waals surface area contributed by atoms with Crippen molar-refractivity contribution in [1.82, 2.24) is 19.7 Å². The van der Waals surface area contributed by atoms with Crippen molar-refractivity contribution in [1.29, 1.82) is 0 Å². The number of ether oxygens (including phenoxy) is 1. The summed E-state index contributed by atoms with van der Waals surface area (Å²) in [5.74, 6) is -0.253. The predicted octanol–water partition coefficient (Wildman–Crippen LogP) is 3.93. The summed E-state index contributed by atoms with van der Waals surface area (Å²) >= 11 is -2.77. The van der Waals surface area contributed by atoms with Gasteiger partial charge in [0.15, 0.2) is 15.5 Å². The number of carbonyl (C=O) groups excluding carboxylic acids is 1. The van der Waals surface area contributed by atoms with Gasteiger partial charge in [0.25, 0.3) is 0 Å². The van der Waals surface area contributed by atoms with Gasteiger partial charge in [-0.2, -0.15) is 10.1 Å². The van der Waals surface area contributed by atoms with Gasteiger partial charge in [0.05, 0.1) is 23.2 Å². The van der Waals surface area contributed by atoms with E-state index in [1.54, 1.807) is 54.9 Å². The number of hydrogen-bond donors (Lipinski definition) is 1. The maximum Gasteiger partial charge on any atom is 0.343 e. The van der Waals surface area contributed by atoms with Gasteiger partial charge in [0.2, 0.25) is 5.95 Å². The topological polar surface area (TPSA) is 159 Å². The zero-order chi connectivity index (χ0) is 30.1. The third kappa shape index (κ3) is 6.11. The fraction of sp³-hybridized carbons (Fsp3) is 0.172. The van der Waals surface area contributed by atoms with Crippen molar-refractivity contribution in [3.05, 3.63) is 102 Å². The van der Waals surface area contributed by atoms with E-state index in [2.05, 4.69) is 15.4 Å². The summed E-state index contributed by atoms with van der Waals surface area (Å²) in [5, 5.41) is 8.45. The Bertz CT molecular complexity index is 1950. The molecule has 2 unspecified atom stereocenters. The number of nitrogens with one attached hydrogen (secondary N) is 1. The molecule has 0 aliphatic heterocycles. The first kappa shape index (κ1) is 28.5. The second-order valence-corrected chi connectivity index (χ2v) is 13.0. The average molecular weight is 618 g/mol. The fourth-order valence-corrected chi connectivity index (χ4v) is 6.85. The molecular formula is C29H25N6O6S2-. The maximum absolute atomic E-state index is 12.7. The first-order valence-electron chi connectivity index (χ1n) is 13.2. The lowest BCUT2D eigenvalue weighted by atomic mass is 10.1. The van der Waals surface area contributed by atoms with Crippen LogP contribution >= 0.6 is 0 Å². The Morgan fingerprint density at radius 2 is 1.86 bits per heavy atom. The van der Waals surface area contributed by atoms with Crippen LogP contribution in [0.25, 0.3) is 11.0 Å². The summed E-state index contributed by atoms with van der Waals surface area (Å²) in [4.78, 5) is 21.8. The Morgan fingerprint density at radius 1 is 1.09 bits per heavy atom. The molecule has 1 aliphatic rings. The lowest BCUT2D eigenvalue weighted by Gasteiger charge is -2.25. The van der Waals surface area contributed by atoms with Crippen molar-refractivity contribution in [3.63, 3.8) is 0 Å². The van der Waals surface area contributed by atoms with Gasteiger partial charge in [-0.15, -0.1) is 0 Å². The molecule has 6 rings (SSSR count). The highest BCUT2D eigenvalue weighted by molar-refractivity contribution is 7.92. The number of esters is 1. The summed E-state index contributed by atoms with van der Waals surface area (Å²) in [6.07, 6.45) is 5.76. The van der Waals surface area contributed by atoms with Gasteiger partial charge in [0, 0.05) is 40.7 Å². The van der Waals surface area contributed by atoms with Crippen molar-refractivity contribution >= 4 is 55.4 Å². The minimum atomic E-state index is -3.57. The molecule has 220 valence electrons. The normalized spacial score (nSPS) is 15.2. The second kappa shape index (κ2) is 11.6. The monoisotopic (exact) mass is 617 g/mol. The van der Waals surface area contributed by atoms with E-state index in [1.165, 1.54) is 12.1 Å². The van der Waals surface area contributed by atoms with Crippen molar-refractivity contribution in [2.24, 2.45) is 0 Å². The van der Waals surface area contributed by atoms with E-state index in [0.717, 1.165) is 33.5 Å². The molecule has 0 bridgehead atoms. The van der Waals surface area contributed by atoms with Crippen LogP contribution in [-0.4, -0.2) is 55.0 Å². The molecule has 2 atom stereocenters. The van der Waals surface area contributed by atoms with Crippen LogP contribution in [0.4, 0.5) is 17.3 Å². The van der Waals surface area contributed by atoms with E-state index in [9.17, 15) is 22.0 Å². The quantitative estimate of drug-likeness (QED) is 0.146. The zero-order valence-corrected chi connectivity index (χ0v) is 24.4. The molecular weight excluding hydrogens is 592 g/mol. The Hall–Kier alpha value is -4.66. The second-order valence-electron chi connectivity index (χ2n) is 10.0. The minimum absolute atomic E-state index is 0.126. The first-order chi connectivity index (χ1) is 20.7. The minimum Gasteiger partial charge on any atom is -0.755 e. The first-order valence-corrected chi connectivity index (χ1v) is 16.3. The SMILES string of the molecule is CS(=O)(=O)CN(c1ccc(Nc2ncc3cnn(C4CCc5c(OC(=O)c6ccccc6)cccc54)c3n2)cc1)S(=O)[O-]. The average Bonchev–Trinajstić information content (AvgIpc) is 3.61. The molecule has 0 radical (unpaired) electrons. The summed E-state index contributed by atoms with van der Waals surface area (Å²) < 4.78 is 54.8. The summed E-state index contributed by atoms with van der Waals surface area (Å²) in [6, 6.07) is 20.6. The van der Waals surface area contributed by atoms with Crippen molar-refractivity contribution in [3.8, 4) is 5.75 Å². The van der Waals surface area contributed by atoms with E-state index in [0.29, 0.717) is 35.0 Å². The van der Waals surface area contributed by atoms with Gasteiger partial charge in [-0.1, -0.05) is 30.3 Å². The number of benzene rings is 3. The van der Waals surface area contributed by atoms with Gasteiger partial charge in [-0.25, -0.2) is 22.9 Å². The molecule has 1 N–H and O–H groups in total. The highest BCUT2D eigenvalue weighted by Crippen LogP contribution is 2.40. The van der Waals surface area contributed by atoms with Crippen molar-refractivity contribution in [2.75, 3.05) is 21.8 Å². The molecule has 1 aliphatic carbocycles. The van der Waals surface area contributed by atoms with Gasteiger partial charge in [0.1, 0.15) is 11.6 Å². The maximum atomic E-state index is 12.7. The van der Waals surface area contributed by atoms with Crippen LogP contribution in [-0.2, 0) is 27.5 Å². The smallest absolute Gasteiger partial charge is 0.343 e. The highest BCUT2D eigenvalue weighted by Gasteiger charge is 2.29. The van der Waals surface area contributed by atoms with Crippen LogP contribution in [0.1, 0.15) is 33.9 Å². The fourth-order valence-electron chi connectivity index (χ4n) is 5.06. The Balaban J connectivity index is 1.23. The molecule has 0 spiro atoms. The Morgan fingerprint density at radius 3 is 2.58 bits per heavy atom. The van der Waals surface area contributed by atoms with Gasteiger partial charge < -0.3 is 14.6 Å². The van der Waals surface area contributed by atoms with E-state index in [-0.39, 0.29) is 11.7 Å². The van der Waals surface area contributed by atoms with Gasteiger partial charge in [-0.3, -0.25) is 8.51 Å². The molecule has 0 amide bonds. The molecule has 14 heteroatoms. The van der Waals surface area contributed by atoms with Crippen LogP contribution in [0.2, 0.25) is 0 Å². The standard InChI is InChI=1S/C29H26N6O6S2/c1-43(39,40)18-34(42(37)38)22-12-10-21(11-13-22)32-29-30-16-20-17-31-35(27(20)33-29)25-15-14-24-23(25)8-5-9-26(24)41-28(36)19-6-3-2-4-7-19/h2-13,16-17,25H,14-15,18H2,1H3,(H,37,38)(H,30,32,33)/p-1. The van der Waals surface area contributed by atoms with Crippen LogP contribution in [0.3, 0.4) is 0 Å². The number of hydrogen-bond acceptors (Lipinski definition) is 10. The zero-order valence-electron chi connectivity index (χ0n) is 22.8. The third-order valence-corrected chi connectivity index (χ3v) is 8.57. The lowest BCUT2D eigenvalue weighted by Crippen LogP contribution is -2.30. The molecule has 0 saturated heterocycles. The highest BCUT2D eigenvalue weighted by atomic mass is 32.2. The van der Waals surface area contributed by atoms with E-state index >= 15 is 0 Å². The van der Waals surface area contributed by atoms with E-state index in [1.807, 2.05) is 22.9 Å². The molecule has 12 nitrogen and oxygen atoms in total. The predicted molar refractivity (Wildman–Crippen MR) is 160 cm³/mol. The van der Waals surface area contributed by atoms with Gasteiger partial charge in [-0.05, 0) is 60.9 Å². The van der Waals surface area contributed by atoms with E-state index in [4.69, 9.17) is 9.72 Å². The summed E-state index contributed by atoms with van der Waals surface area (Å²) in [7, 11) is -3.57. The molecule has 2 aromatic heterocycles. The number of aromatic nitrogens is 4. The largest absolute Gasteiger partial charge is 0.755 e. The van der Waals surface area contributed by atoms with Crippen LogP contribution < -0.4 is 14.4 Å².